The van der Waals surface area contributed by atoms with Crippen LogP contribution in [0.15, 0.2) is 12.1 Å². The summed E-state index contributed by atoms with van der Waals surface area (Å²) in [7, 11) is 1.48. The molecule has 0 spiro atoms. The van der Waals surface area contributed by atoms with Crippen molar-refractivity contribution >= 4 is 17.3 Å². The summed E-state index contributed by atoms with van der Waals surface area (Å²) in [5.74, 6) is 0.773. The van der Waals surface area contributed by atoms with Crippen molar-refractivity contribution in [3.63, 3.8) is 0 Å². The number of ether oxygens (including phenoxy) is 3. The Morgan fingerprint density at radius 1 is 1.24 bits per heavy atom. The number of benzene rings is 1. The van der Waals surface area contributed by atoms with Crippen LogP contribution < -0.4 is 9.47 Å². The predicted octanol–water partition coefficient (Wildman–Crippen LogP) is 3.54. The fourth-order valence-corrected chi connectivity index (χ4v) is 1.91. The number of alkyl halides is 1. The van der Waals surface area contributed by atoms with E-state index in [0.717, 1.165) is 12.8 Å². The average molecular weight is 318 g/mol. The van der Waals surface area contributed by atoms with E-state index in [1.807, 2.05) is 0 Å². The zero-order valence-electron chi connectivity index (χ0n) is 12.3. The van der Waals surface area contributed by atoms with Crippen molar-refractivity contribution in [3.8, 4) is 11.5 Å². The summed E-state index contributed by atoms with van der Waals surface area (Å²) < 4.78 is 16.0. The van der Waals surface area contributed by atoms with Gasteiger partial charge in [0.15, 0.2) is 11.5 Å². The second-order valence-corrected chi connectivity index (χ2v) is 4.60. The van der Waals surface area contributed by atoms with Gasteiger partial charge in [0.05, 0.1) is 30.6 Å². The Bertz CT molecular complexity index is 467. The zero-order valence-corrected chi connectivity index (χ0v) is 13.0. The monoisotopic (exact) mass is 317 g/mol. The van der Waals surface area contributed by atoms with E-state index in [1.54, 1.807) is 0 Å². The number of nitro benzene ring substituents is 1. The lowest BCUT2D eigenvalue weighted by Crippen LogP contribution is -2.08. The molecular formula is C14H20ClNO5. The van der Waals surface area contributed by atoms with Crippen LogP contribution in [-0.4, -0.2) is 31.9 Å². The summed E-state index contributed by atoms with van der Waals surface area (Å²) >= 11 is 5.71. The van der Waals surface area contributed by atoms with Gasteiger partial charge in [-0.05, 0) is 12.5 Å². The molecule has 1 aromatic rings. The third-order valence-corrected chi connectivity index (χ3v) is 3.12. The van der Waals surface area contributed by atoms with E-state index in [2.05, 4.69) is 6.92 Å². The number of hydrogen-bond donors (Lipinski definition) is 0. The minimum atomic E-state index is -0.484. The van der Waals surface area contributed by atoms with Crippen molar-refractivity contribution in [3.05, 3.63) is 27.8 Å². The molecule has 0 aromatic heterocycles. The molecule has 0 radical (unpaired) electrons. The van der Waals surface area contributed by atoms with Crippen LogP contribution in [0.4, 0.5) is 5.69 Å². The van der Waals surface area contributed by atoms with Gasteiger partial charge >= 0.3 is 0 Å². The van der Waals surface area contributed by atoms with Gasteiger partial charge in [0.2, 0.25) is 0 Å². The molecular weight excluding hydrogens is 298 g/mol. The molecule has 0 heterocycles. The van der Waals surface area contributed by atoms with Gasteiger partial charge in [-0.3, -0.25) is 10.1 Å². The summed E-state index contributed by atoms with van der Waals surface area (Å²) in [6.45, 7) is 3.50. The van der Waals surface area contributed by atoms with Crippen molar-refractivity contribution in [2.45, 2.75) is 25.6 Å². The van der Waals surface area contributed by atoms with Crippen molar-refractivity contribution in [1.82, 2.24) is 0 Å². The summed E-state index contributed by atoms with van der Waals surface area (Å²) in [6, 6.07) is 2.86. The topological polar surface area (TPSA) is 70.8 Å². The van der Waals surface area contributed by atoms with Gasteiger partial charge in [-0.2, -0.15) is 0 Å². The van der Waals surface area contributed by atoms with Crippen LogP contribution in [0.1, 0.15) is 25.3 Å². The van der Waals surface area contributed by atoms with Crippen molar-refractivity contribution < 1.29 is 19.1 Å². The van der Waals surface area contributed by atoms with E-state index in [0.29, 0.717) is 36.9 Å². The van der Waals surface area contributed by atoms with Gasteiger partial charge < -0.3 is 14.2 Å². The molecule has 0 N–H and O–H groups in total. The average Bonchev–Trinajstić information content (AvgIpc) is 2.49. The number of unbranched alkanes of at least 4 members (excludes halogenated alkanes) is 1. The Labute approximate surface area is 129 Å². The summed E-state index contributed by atoms with van der Waals surface area (Å²) in [5.41, 5.74) is 0.317. The van der Waals surface area contributed by atoms with Gasteiger partial charge in [-0.25, -0.2) is 0 Å². The van der Waals surface area contributed by atoms with Crippen LogP contribution in [0.5, 0.6) is 11.5 Å². The number of nitro groups is 1. The highest BCUT2D eigenvalue weighted by Crippen LogP contribution is 2.35. The largest absolute Gasteiger partial charge is 0.493 e. The van der Waals surface area contributed by atoms with Crippen molar-refractivity contribution in [2.75, 3.05) is 26.9 Å². The molecule has 0 aliphatic carbocycles. The first-order valence-electron chi connectivity index (χ1n) is 6.75. The quantitative estimate of drug-likeness (QED) is 0.286. The summed E-state index contributed by atoms with van der Waals surface area (Å²) in [5, 5.41) is 11.0. The molecule has 1 aromatic carbocycles. The Morgan fingerprint density at radius 2 is 2.00 bits per heavy atom. The molecule has 6 nitrogen and oxygen atoms in total. The molecule has 0 amide bonds. The molecule has 118 valence electrons. The Kier molecular flexibility index (Phi) is 7.85. The molecule has 0 fully saturated rings. The summed E-state index contributed by atoms with van der Waals surface area (Å²) in [4.78, 5) is 10.5. The third kappa shape index (κ3) is 5.40. The van der Waals surface area contributed by atoms with E-state index >= 15 is 0 Å². The minimum Gasteiger partial charge on any atom is -0.493 e. The predicted molar refractivity (Wildman–Crippen MR) is 80.4 cm³/mol. The smallest absolute Gasteiger partial charge is 0.277 e. The lowest BCUT2D eigenvalue weighted by molar-refractivity contribution is -0.385. The number of halogens is 1. The van der Waals surface area contributed by atoms with Gasteiger partial charge in [0, 0.05) is 12.2 Å². The highest BCUT2D eigenvalue weighted by Gasteiger charge is 2.19. The van der Waals surface area contributed by atoms with Gasteiger partial charge in [-0.1, -0.05) is 13.3 Å². The number of methoxy groups -OCH3 is 1. The third-order valence-electron chi connectivity index (χ3n) is 2.83. The Balaban J connectivity index is 2.71. The van der Waals surface area contributed by atoms with Gasteiger partial charge in [-0.15, -0.1) is 11.6 Å². The normalized spacial score (nSPS) is 10.4. The molecule has 7 heteroatoms. The lowest BCUT2D eigenvalue weighted by Gasteiger charge is -2.12. The first-order chi connectivity index (χ1) is 10.1. The second kappa shape index (κ2) is 9.41. The van der Waals surface area contributed by atoms with Crippen LogP contribution in [0.25, 0.3) is 0 Å². The number of rotatable bonds is 10. The van der Waals surface area contributed by atoms with Gasteiger partial charge in [0.25, 0.3) is 5.69 Å². The first-order valence-corrected chi connectivity index (χ1v) is 7.29. The van der Waals surface area contributed by atoms with E-state index in [-0.39, 0.29) is 11.6 Å². The van der Waals surface area contributed by atoms with E-state index < -0.39 is 4.92 Å². The maximum Gasteiger partial charge on any atom is 0.277 e. The molecule has 0 saturated carbocycles. The van der Waals surface area contributed by atoms with Crippen LogP contribution in [0.2, 0.25) is 0 Å². The number of hydrogen-bond acceptors (Lipinski definition) is 5. The molecule has 0 atom stereocenters. The summed E-state index contributed by atoms with van der Waals surface area (Å²) in [6.07, 6.45) is 2.07. The fourth-order valence-electron chi connectivity index (χ4n) is 1.70. The van der Waals surface area contributed by atoms with E-state index in [4.69, 9.17) is 25.8 Å². The van der Waals surface area contributed by atoms with Crippen LogP contribution in [0.3, 0.4) is 0 Å². The first kappa shape index (κ1) is 17.5. The fraction of sp³-hybridized carbons (Fsp3) is 0.571. The molecule has 21 heavy (non-hydrogen) atoms. The van der Waals surface area contributed by atoms with Crippen LogP contribution in [0, 0.1) is 10.1 Å². The molecule has 0 aliphatic heterocycles. The Hall–Kier alpha value is -1.53. The maximum absolute atomic E-state index is 11.0. The SMILES string of the molecule is CCCCOCCOc1cc([N+](=O)[O-])c(CCl)cc1OC. The number of nitrogens with zero attached hydrogens (tertiary/aromatic N) is 1. The standard InChI is InChI=1S/C14H20ClNO5/c1-3-4-5-20-6-7-21-14-9-12(16(17)18)11(10-15)8-13(14)19-2/h8-9H,3-7,10H2,1-2H3. The highest BCUT2D eigenvalue weighted by molar-refractivity contribution is 6.17. The van der Waals surface area contributed by atoms with Crippen LogP contribution >= 0.6 is 11.6 Å². The van der Waals surface area contributed by atoms with E-state index in [9.17, 15) is 10.1 Å². The molecule has 1 rings (SSSR count). The molecule has 0 bridgehead atoms. The zero-order chi connectivity index (χ0) is 15.7. The van der Waals surface area contributed by atoms with Crippen molar-refractivity contribution in [1.29, 1.82) is 0 Å². The van der Waals surface area contributed by atoms with E-state index in [1.165, 1.54) is 19.2 Å². The lowest BCUT2D eigenvalue weighted by atomic mass is 10.2. The molecule has 0 unspecified atom stereocenters. The second-order valence-electron chi connectivity index (χ2n) is 4.34. The minimum absolute atomic E-state index is 0.0348. The van der Waals surface area contributed by atoms with Crippen LogP contribution in [-0.2, 0) is 10.6 Å². The molecule has 0 saturated heterocycles. The van der Waals surface area contributed by atoms with Crippen molar-refractivity contribution in [2.24, 2.45) is 0 Å². The maximum atomic E-state index is 11.0. The Morgan fingerprint density at radius 3 is 2.57 bits per heavy atom. The molecule has 0 aliphatic rings. The van der Waals surface area contributed by atoms with Gasteiger partial charge in [0.1, 0.15) is 6.61 Å². The highest BCUT2D eigenvalue weighted by atomic mass is 35.5.